The van der Waals surface area contributed by atoms with E-state index in [-0.39, 0.29) is 27.1 Å². The molecule has 0 aromatic heterocycles. The molecule has 0 spiro atoms. The Morgan fingerprint density at radius 2 is 1.11 bits per heavy atom. The summed E-state index contributed by atoms with van der Waals surface area (Å²) in [4.78, 5) is 2.66. The van der Waals surface area contributed by atoms with Gasteiger partial charge >= 0.3 is 0 Å². The normalized spacial score (nSPS) is 18.5. The van der Waals surface area contributed by atoms with Gasteiger partial charge in [-0.25, -0.2) is 0 Å². The maximum Gasteiger partial charge on any atom is 0.198 e. The molecule has 0 radical (unpaired) electrons. The fourth-order valence-corrected chi connectivity index (χ4v) is 12.7. The molecule has 7 aromatic carbocycles. The molecule has 2 nitrogen and oxygen atoms in total. The second-order valence-corrected chi connectivity index (χ2v) is 23.7. The molecule has 1 aliphatic heterocycles. The fraction of sp³-hybridized carbons (Fsp3) is 0.333. The van der Waals surface area contributed by atoms with Crippen LogP contribution in [0.5, 0.6) is 0 Å². The Morgan fingerprint density at radius 3 is 1.82 bits per heavy atom. The van der Waals surface area contributed by atoms with E-state index in [1.165, 1.54) is 137 Å². The first-order valence-electron chi connectivity index (χ1n) is 24.7. The van der Waals surface area contributed by atoms with Crippen LogP contribution in [0.25, 0.3) is 33.4 Å². The van der Waals surface area contributed by atoms with Crippen molar-refractivity contribution in [2.45, 2.75) is 136 Å². The molecule has 3 heteroatoms. The number of anilines is 5. The van der Waals surface area contributed by atoms with Crippen LogP contribution in [0.4, 0.5) is 28.4 Å². The van der Waals surface area contributed by atoms with Gasteiger partial charge in [0.15, 0.2) is 7.28 Å². The largest absolute Gasteiger partial charge is 0.355 e. The van der Waals surface area contributed by atoms with Gasteiger partial charge in [0.05, 0.1) is 0 Å². The molecule has 0 unspecified atom stereocenters. The van der Waals surface area contributed by atoms with Crippen LogP contribution in [-0.2, 0) is 27.1 Å². The molecule has 4 aliphatic rings. The summed E-state index contributed by atoms with van der Waals surface area (Å²) in [5.74, 6) is 0. The summed E-state index contributed by atoms with van der Waals surface area (Å²) < 4.78 is 0. The van der Waals surface area contributed by atoms with E-state index < -0.39 is 0 Å². The van der Waals surface area contributed by atoms with Crippen LogP contribution < -0.4 is 21.1 Å². The maximum atomic E-state index is 4.14. The van der Waals surface area contributed by atoms with Gasteiger partial charge in [0.1, 0.15) is 0 Å². The molecule has 66 heavy (non-hydrogen) atoms. The Bertz CT molecular complexity index is 3140. The first-order chi connectivity index (χ1) is 31.2. The highest BCUT2D eigenvalue weighted by Gasteiger charge is 2.42. The predicted octanol–water partition coefficient (Wildman–Crippen LogP) is 15.6. The van der Waals surface area contributed by atoms with Gasteiger partial charge in [0, 0.05) is 39.4 Å². The average molecular weight is 863 g/mol. The van der Waals surface area contributed by atoms with Crippen molar-refractivity contribution in [1.82, 2.24) is 0 Å². The van der Waals surface area contributed by atoms with E-state index in [4.69, 9.17) is 0 Å². The second kappa shape index (κ2) is 14.6. The van der Waals surface area contributed by atoms with Gasteiger partial charge in [0.2, 0.25) is 0 Å². The quantitative estimate of drug-likeness (QED) is 0.173. The van der Waals surface area contributed by atoms with E-state index in [1.807, 2.05) is 0 Å². The first-order valence-corrected chi connectivity index (χ1v) is 24.7. The van der Waals surface area contributed by atoms with Crippen molar-refractivity contribution < 1.29 is 0 Å². The molecule has 0 atom stereocenters. The third kappa shape index (κ3) is 6.57. The Hall–Kier alpha value is -5.80. The SMILES string of the molecule is Cc1cc(-c2c(Nc3ccc4c(c3)C(C)(C)CCC4(C)C)ccc3c2C(C)(C)c2ccccc2-3)c2c(c1)N(c1cc3c(cc1C)C(C)(C)CCC3(C)C)c1cc(-c3ccccc3)ccc1B2. The highest BCUT2D eigenvalue weighted by atomic mass is 15.2. The average Bonchev–Trinajstić information content (AvgIpc) is 3.52. The highest BCUT2D eigenvalue weighted by molar-refractivity contribution is 6.73. The summed E-state index contributed by atoms with van der Waals surface area (Å²) in [5, 5.41) is 4.14. The summed E-state index contributed by atoms with van der Waals surface area (Å²) in [6.07, 6.45) is 4.77. The van der Waals surface area contributed by atoms with Crippen LogP contribution in [0.2, 0.25) is 0 Å². The zero-order chi connectivity index (χ0) is 46.3. The van der Waals surface area contributed by atoms with Crippen LogP contribution in [0, 0.1) is 13.8 Å². The maximum absolute atomic E-state index is 4.14. The first kappa shape index (κ1) is 42.8. The van der Waals surface area contributed by atoms with Gasteiger partial charge in [-0.1, -0.05) is 166 Å². The van der Waals surface area contributed by atoms with Crippen molar-refractivity contribution in [1.29, 1.82) is 0 Å². The van der Waals surface area contributed by atoms with Gasteiger partial charge < -0.3 is 10.2 Å². The van der Waals surface area contributed by atoms with Crippen molar-refractivity contribution in [2.75, 3.05) is 10.2 Å². The van der Waals surface area contributed by atoms with Gasteiger partial charge in [-0.2, -0.15) is 0 Å². The van der Waals surface area contributed by atoms with Gasteiger partial charge in [-0.15, -0.1) is 0 Å². The number of benzene rings is 7. The zero-order valence-electron chi connectivity index (χ0n) is 41.6. The van der Waals surface area contributed by atoms with E-state index in [0.29, 0.717) is 0 Å². The zero-order valence-corrected chi connectivity index (χ0v) is 41.6. The minimum Gasteiger partial charge on any atom is -0.355 e. The third-order valence-corrected chi connectivity index (χ3v) is 16.9. The smallest absolute Gasteiger partial charge is 0.198 e. The lowest BCUT2D eigenvalue weighted by Crippen LogP contribution is -2.42. The van der Waals surface area contributed by atoms with Crippen molar-refractivity contribution in [3.8, 4) is 33.4 Å². The highest BCUT2D eigenvalue weighted by Crippen LogP contribution is 2.56. The molecule has 332 valence electrons. The molecule has 3 aliphatic carbocycles. The van der Waals surface area contributed by atoms with Crippen molar-refractivity contribution >= 4 is 46.6 Å². The van der Waals surface area contributed by atoms with Crippen molar-refractivity contribution in [2.24, 2.45) is 0 Å². The van der Waals surface area contributed by atoms with Crippen LogP contribution in [-0.4, -0.2) is 7.28 Å². The van der Waals surface area contributed by atoms with Gasteiger partial charge in [-0.05, 0) is 175 Å². The number of hydrogen-bond acceptors (Lipinski definition) is 2. The van der Waals surface area contributed by atoms with Crippen molar-refractivity contribution in [3.63, 3.8) is 0 Å². The number of fused-ring (bicyclic) bond motifs is 7. The molecule has 0 saturated carbocycles. The summed E-state index contributed by atoms with van der Waals surface area (Å²) >= 11 is 0. The number of rotatable bonds is 5. The summed E-state index contributed by atoms with van der Waals surface area (Å²) in [6.45, 7) is 29.1. The molecule has 11 rings (SSSR count). The lowest BCUT2D eigenvalue weighted by atomic mass is 9.57. The van der Waals surface area contributed by atoms with Gasteiger partial charge in [-0.3, -0.25) is 0 Å². The standard InChI is InChI=1S/C63H67BN2/c1-38-32-45(56-52(27-24-44-43-20-16-17-21-46(43)63(11,12)57(44)56)65-42-23-25-47-49(36-42)61(7,8)29-28-59(47,3)4)58-55(33-38)66(54-35-41(22-26-51(54)64-58)40-18-14-13-15-19-40)53-37-50-48(34-39(53)2)60(5,6)30-31-62(50,9)10/h13-27,32-37,64-65H,28-31H2,1-12H3. The lowest BCUT2D eigenvalue weighted by Gasteiger charge is -2.44. The minimum absolute atomic E-state index is 0.0752. The molecule has 0 bridgehead atoms. The molecule has 1 N–H and O–H groups in total. The molecule has 1 heterocycles. The van der Waals surface area contributed by atoms with Crippen LogP contribution in [0.15, 0.2) is 127 Å². The van der Waals surface area contributed by atoms with Crippen LogP contribution >= 0.6 is 0 Å². The number of nitrogens with one attached hydrogen (secondary N) is 1. The number of aryl methyl sites for hydroxylation is 2. The van der Waals surface area contributed by atoms with E-state index in [0.717, 1.165) is 13.0 Å². The molecule has 0 amide bonds. The fourth-order valence-electron chi connectivity index (χ4n) is 12.7. The third-order valence-electron chi connectivity index (χ3n) is 16.9. The monoisotopic (exact) mass is 863 g/mol. The second-order valence-electron chi connectivity index (χ2n) is 23.7. The summed E-state index contributed by atoms with van der Waals surface area (Å²) in [5.41, 5.74) is 28.3. The molecule has 0 fully saturated rings. The lowest BCUT2D eigenvalue weighted by molar-refractivity contribution is 0.332. The summed E-state index contributed by atoms with van der Waals surface area (Å²) in [6, 6.07) is 49.4. The van der Waals surface area contributed by atoms with Crippen LogP contribution in [0.1, 0.15) is 139 Å². The minimum atomic E-state index is -0.220. The Labute approximate surface area is 396 Å². The van der Waals surface area contributed by atoms with E-state index in [9.17, 15) is 0 Å². The molecule has 0 saturated heterocycles. The topological polar surface area (TPSA) is 15.3 Å². The van der Waals surface area contributed by atoms with Crippen LogP contribution in [0.3, 0.4) is 0 Å². The Kier molecular flexibility index (Phi) is 9.47. The molecule has 7 aromatic rings. The Balaban J connectivity index is 1.18. The van der Waals surface area contributed by atoms with E-state index in [2.05, 4.69) is 221 Å². The van der Waals surface area contributed by atoms with E-state index >= 15 is 0 Å². The predicted molar refractivity (Wildman–Crippen MR) is 286 cm³/mol. The summed E-state index contributed by atoms with van der Waals surface area (Å²) in [7, 11) is 0.840. The number of nitrogens with zero attached hydrogens (tertiary/aromatic N) is 1. The van der Waals surface area contributed by atoms with Gasteiger partial charge in [0.25, 0.3) is 0 Å². The van der Waals surface area contributed by atoms with E-state index in [1.54, 1.807) is 0 Å². The van der Waals surface area contributed by atoms with Crippen molar-refractivity contribution in [3.05, 3.63) is 172 Å². The molecular formula is C63H67BN2. The molecular weight excluding hydrogens is 796 g/mol. The Morgan fingerprint density at radius 1 is 0.470 bits per heavy atom. The number of hydrogen-bond donors (Lipinski definition) is 1.